The third kappa shape index (κ3) is 7.28. The van der Waals surface area contributed by atoms with Crippen LogP contribution in [0.15, 0.2) is 31.0 Å². The van der Waals surface area contributed by atoms with Crippen LogP contribution >= 0.6 is 11.6 Å². The van der Waals surface area contributed by atoms with Crippen molar-refractivity contribution in [3.05, 3.63) is 36.0 Å². The fourth-order valence-corrected chi connectivity index (χ4v) is 5.06. The largest absolute Gasteiger partial charge is 0.494 e. The van der Waals surface area contributed by atoms with Gasteiger partial charge in [0.05, 0.1) is 37.0 Å². The number of carbonyl (C=O) groups excluding carboxylic acids is 1. The highest BCUT2D eigenvalue weighted by molar-refractivity contribution is 6.31. The van der Waals surface area contributed by atoms with Crippen molar-refractivity contribution in [3.8, 4) is 11.6 Å². The Hall–Kier alpha value is -3.15. The molecule has 1 aromatic heterocycles. The van der Waals surface area contributed by atoms with Crippen molar-refractivity contribution in [1.82, 2.24) is 19.8 Å². The van der Waals surface area contributed by atoms with Gasteiger partial charge >= 0.3 is 0 Å². The third-order valence-electron chi connectivity index (χ3n) is 7.14. The lowest BCUT2D eigenvalue weighted by Crippen LogP contribution is -2.49. The molecule has 2 fully saturated rings. The Morgan fingerprint density at radius 1 is 1.28 bits per heavy atom. The van der Waals surface area contributed by atoms with E-state index in [9.17, 15) is 9.18 Å². The minimum absolute atomic E-state index is 0.262. The van der Waals surface area contributed by atoms with Crippen LogP contribution in [0.25, 0.3) is 0 Å². The monoisotopic (exact) mass is 561 g/mol. The summed E-state index contributed by atoms with van der Waals surface area (Å²) in [5, 5.41) is 6.40. The van der Waals surface area contributed by atoms with Crippen molar-refractivity contribution in [2.24, 2.45) is 5.92 Å². The van der Waals surface area contributed by atoms with Crippen molar-refractivity contribution >= 4 is 40.5 Å². The Morgan fingerprint density at radius 2 is 2.03 bits per heavy atom. The molecular weight excluding hydrogens is 525 g/mol. The minimum Gasteiger partial charge on any atom is -0.494 e. The number of hydrogen-bond donors (Lipinski definition) is 2. The Bertz CT molecular complexity index is 1150. The summed E-state index contributed by atoms with van der Waals surface area (Å²) in [6.45, 7) is 7.39. The second kappa shape index (κ2) is 13.3. The molecule has 2 aliphatic rings. The van der Waals surface area contributed by atoms with E-state index in [1.807, 2.05) is 11.0 Å². The van der Waals surface area contributed by atoms with E-state index < -0.39 is 0 Å². The summed E-state index contributed by atoms with van der Waals surface area (Å²) in [6, 6.07) is 4.23. The standard InChI is InChI=1S/C27H37ClFN7O3/c1-5-25(37)31-21-12-22(24(38-4)13-23(21)36-9-6-19(7-10-36)34(2)3)32-27-30-14-20(28)26(33-27)39-17-18-15-35(16-18)11-8-29/h5,12-14,18-19H,1,6-11,15-17H2,2-4H3,(H,31,37)(H,30,32,33). The predicted octanol–water partition coefficient (Wildman–Crippen LogP) is 3.82. The molecule has 4 rings (SSSR count). The number of nitrogens with one attached hydrogen (secondary N) is 2. The molecule has 212 valence electrons. The molecule has 0 radical (unpaired) electrons. The number of halogens is 2. The van der Waals surface area contributed by atoms with Crippen LogP contribution in [-0.4, -0.2) is 98.9 Å². The smallest absolute Gasteiger partial charge is 0.247 e. The maximum Gasteiger partial charge on any atom is 0.247 e. The molecule has 2 saturated heterocycles. The molecule has 0 bridgehead atoms. The second-order valence-corrected chi connectivity index (χ2v) is 10.4. The van der Waals surface area contributed by atoms with Gasteiger partial charge < -0.3 is 29.9 Å². The van der Waals surface area contributed by atoms with Crippen LogP contribution in [0.3, 0.4) is 0 Å². The van der Waals surface area contributed by atoms with Gasteiger partial charge in [-0.2, -0.15) is 4.98 Å². The lowest BCUT2D eigenvalue weighted by Gasteiger charge is -2.38. The number of methoxy groups -OCH3 is 1. The van der Waals surface area contributed by atoms with E-state index in [4.69, 9.17) is 21.1 Å². The molecule has 2 N–H and O–H groups in total. The number of ether oxygens (including phenoxy) is 2. The van der Waals surface area contributed by atoms with Crippen LogP contribution in [0.1, 0.15) is 12.8 Å². The first-order chi connectivity index (χ1) is 18.8. The number of likely N-dealkylation sites (tertiary alicyclic amines) is 1. The van der Waals surface area contributed by atoms with Gasteiger partial charge in [-0.05, 0) is 39.1 Å². The highest BCUT2D eigenvalue weighted by atomic mass is 35.5. The molecule has 0 atom stereocenters. The minimum atomic E-state index is -0.348. The van der Waals surface area contributed by atoms with Crippen LogP contribution in [-0.2, 0) is 4.79 Å². The van der Waals surface area contributed by atoms with Crippen molar-refractivity contribution in [3.63, 3.8) is 0 Å². The summed E-state index contributed by atoms with van der Waals surface area (Å²) < 4.78 is 24.1. The van der Waals surface area contributed by atoms with E-state index in [1.165, 1.54) is 12.3 Å². The highest BCUT2D eigenvalue weighted by Gasteiger charge is 2.27. The number of aromatic nitrogens is 2. The number of alkyl halides is 1. The van der Waals surface area contributed by atoms with Crippen LogP contribution in [0.4, 0.5) is 27.4 Å². The summed E-state index contributed by atoms with van der Waals surface area (Å²) in [4.78, 5) is 27.6. The Balaban J connectivity index is 1.52. The maximum absolute atomic E-state index is 12.5. The number of amides is 1. The van der Waals surface area contributed by atoms with Gasteiger partial charge in [-0.15, -0.1) is 0 Å². The van der Waals surface area contributed by atoms with Crippen molar-refractivity contribution in [1.29, 1.82) is 0 Å². The first-order valence-electron chi connectivity index (χ1n) is 13.1. The molecule has 0 unspecified atom stereocenters. The van der Waals surface area contributed by atoms with Crippen molar-refractivity contribution in [2.75, 3.05) is 82.7 Å². The number of hydrogen-bond acceptors (Lipinski definition) is 9. The molecule has 2 aromatic rings. The highest BCUT2D eigenvalue weighted by Crippen LogP contribution is 2.39. The fraction of sp³-hybridized carbons (Fsp3) is 0.519. The molecule has 2 aliphatic heterocycles. The van der Waals surface area contributed by atoms with Gasteiger partial charge in [0.2, 0.25) is 17.7 Å². The zero-order chi connectivity index (χ0) is 27.9. The van der Waals surface area contributed by atoms with Gasteiger partial charge in [-0.1, -0.05) is 18.2 Å². The molecule has 3 heterocycles. The van der Waals surface area contributed by atoms with Gasteiger partial charge in [-0.25, -0.2) is 9.37 Å². The normalized spacial score (nSPS) is 16.6. The lowest BCUT2D eigenvalue weighted by atomic mass is 10.0. The van der Waals surface area contributed by atoms with Crippen LogP contribution < -0.4 is 25.0 Å². The van der Waals surface area contributed by atoms with Gasteiger partial charge in [0.15, 0.2) is 0 Å². The number of benzene rings is 1. The number of carbonyl (C=O) groups is 1. The number of rotatable bonds is 12. The SMILES string of the molecule is C=CC(=O)Nc1cc(Nc2ncc(Cl)c(OCC3CN(CCF)C3)n2)c(OC)cc1N1CCC(N(C)C)CC1. The fourth-order valence-electron chi connectivity index (χ4n) is 4.92. The molecular formula is C27H37ClFN7O3. The van der Waals surface area contributed by atoms with Gasteiger partial charge in [-0.3, -0.25) is 9.69 Å². The van der Waals surface area contributed by atoms with E-state index in [-0.39, 0.29) is 24.4 Å². The first-order valence-corrected chi connectivity index (χ1v) is 13.5. The number of nitrogens with zero attached hydrogens (tertiary/aromatic N) is 5. The summed E-state index contributed by atoms with van der Waals surface area (Å²) in [5.41, 5.74) is 2.06. The predicted molar refractivity (Wildman–Crippen MR) is 152 cm³/mol. The third-order valence-corrected chi connectivity index (χ3v) is 7.40. The van der Waals surface area contributed by atoms with Crippen molar-refractivity contribution in [2.45, 2.75) is 18.9 Å². The zero-order valence-corrected chi connectivity index (χ0v) is 23.5. The molecule has 0 spiro atoms. The van der Waals surface area contributed by atoms with Crippen molar-refractivity contribution < 1.29 is 18.7 Å². The summed E-state index contributed by atoms with van der Waals surface area (Å²) in [5.74, 6) is 1.08. The molecule has 10 nitrogen and oxygen atoms in total. The van der Waals surface area contributed by atoms with Gasteiger partial charge in [0.25, 0.3) is 0 Å². The topological polar surface area (TPSA) is 95.1 Å². The van der Waals surface area contributed by atoms with E-state index in [0.717, 1.165) is 44.7 Å². The Labute approximate surface area is 234 Å². The van der Waals surface area contributed by atoms with E-state index in [2.05, 4.69) is 51.1 Å². The average molecular weight is 562 g/mol. The number of piperidine rings is 1. The molecule has 39 heavy (non-hydrogen) atoms. The molecule has 1 aromatic carbocycles. The summed E-state index contributed by atoms with van der Waals surface area (Å²) >= 11 is 6.29. The van der Waals surface area contributed by atoms with Gasteiger partial charge in [0, 0.05) is 50.7 Å². The number of anilines is 4. The average Bonchev–Trinajstić information content (AvgIpc) is 2.91. The molecule has 0 saturated carbocycles. The quantitative estimate of drug-likeness (QED) is 0.375. The first kappa shape index (κ1) is 28.8. The lowest BCUT2D eigenvalue weighted by molar-refractivity contribution is -0.111. The molecule has 1 amide bonds. The molecule has 12 heteroatoms. The van der Waals surface area contributed by atoms with Gasteiger partial charge in [0.1, 0.15) is 17.4 Å². The summed E-state index contributed by atoms with van der Waals surface area (Å²) in [7, 11) is 5.79. The van der Waals surface area contributed by atoms with Crippen LogP contribution in [0.5, 0.6) is 11.6 Å². The maximum atomic E-state index is 12.5. The van der Waals surface area contributed by atoms with Crippen LogP contribution in [0.2, 0.25) is 5.02 Å². The van der Waals surface area contributed by atoms with E-state index >= 15 is 0 Å². The van der Waals surface area contributed by atoms with Crippen LogP contribution in [0, 0.1) is 5.92 Å². The zero-order valence-electron chi connectivity index (χ0n) is 22.8. The second-order valence-electron chi connectivity index (χ2n) is 10.0. The molecule has 0 aliphatic carbocycles. The summed E-state index contributed by atoms with van der Waals surface area (Å²) in [6.07, 6.45) is 4.74. The Kier molecular flexibility index (Phi) is 9.82. The van der Waals surface area contributed by atoms with E-state index in [1.54, 1.807) is 13.2 Å². The Morgan fingerprint density at radius 3 is 2.67 bits per heavy atom. The van der Waals surface area contributed by atoms with E-state index in [0.29, 0.717) is 47.3 Å².